The summed E-state index contributed by atoms with van der Waals surface area (Å²) in [6, 6.07) is 0. The van der Waals surface area contributed by atoms with Gasteiger partial charge in [0.05, 0.1) is 19.3 Å². The molecule has 2 atom stereocenters. The molecule has 0 aromatic rings. The summed E-state index contributed by atoms with van der Waals surface area (Å²) in [7, 11) is 0. The maximum atomic E-state index is 8.96. The van der Waals surface area contributed by atoms with Crippen molar-refractivity contribution in [3.8, 4) is 0 Å². The molecule has 6 N–H and O–H groups in total. The highest BCUT2D eigenvalue weighted by atomic mass is 31.0. The molecule has 0 saturated carbocycles. The van der Waals surface area contributed by atoms with Crippen molar-refractivity contribution in [2.45, 2.75) is 44.8 Å². The fourth-order valence-corrected chi connectivity index (χ4v) is 0.806. The zero-order chi connectivity index (χ0) is 12.1. The highest BCUT2D eigenvalue weighted by Crippen LogP contribution is 2.01. The van der Waals surface area contributed by atoms with Gasteiger partial charge in [-0.15, -0.1) is 0 Å². The number of hydrogen-bond donors (Lipinski definition) is 5. The van der Waals surface area contributed by atoms with Crippen molar-refractivity contribution in [1.29, 1.82) is 0 Å². The van der Waals surface area contributed by atoms with Crippen LogP contribution in [0.5, 0.6) is 0 Å². The van der Waals surface area contributed by atoms with Crippen LogP contribution in [0.4, 0.5) is 0 Å². The van der Waals surface area contributed by atoms with E-state index in [2.05, 4.69) is 6.92 Å². The topological polar surface area (TPSA) is 107 Å². The lowest BCUT2D eigenvalue weighted by Crippen LogP contribution is -2.19. The average Bonchev–Trinajstić information content (AvgIpc) is 2.28. The second kappa shape index (κ2) is 17.6. The van der Waals surface area contributed by atoms with E-state index >= 15 is 0 Å². The van der Waals surface area contributed by atoms with Crippen LogP contribution in [-0.2, 0) is 0 Å². The molecular formula is C10H28NO4P. The van der Waals surface area contributed by atoms with E-state index in [1.807, 2.05) is 0 Å². The van der Waals surface area contributed by atoms with Gasteiger partial charge < -0.3 is 26.2 Å². The third-order valence-corrected chi connectivity index (χ3v) is 1.83. The third kappa shape index (κ3) is 19.7. The monoisotopic (exact) mass is 257 g/mol. The van der Waals surface area contributed by atoms with Crippen LogP contribution in [0.15, 0.2) is 0 Å². The van der Waals surface area contributed by atoms with E-state index in [1.54, 1.807) is 0 Å². The molecule has 0 aliphatic rings. The third-order valence-electron chi connectivity index (χ3n) is 1.83. The maximum absolute atomic E-state index is 8.96. The van der Waals surface area contributed by atoms with Crippen LogP contribution in [0.3, 0.4) is 0 Å². The molecule has 2 unspecified atom stereocenters. The van der Waals surface area contributed by atoms with Crippen LogP contribution in [0.1, 0.15) is 32.6 Å². The Morgan fingerprint density at radius 1 is 1.00 bits per heavy atom. The molecule has 0 aromatic heterocycles. The molecule has 102 valence electrons. The molecule has 0 saturated heterocycles. The lowest BCUT2D eigenvalue weighted by Gasteiger charge is -2.04. The van der Waals surface area contributed by atoms with E-state index in [4.69, 9.17) is 26.2 Å². The summed E-state index contributed by atoms with van der Waals surface area (Å²) in [5.41, 5.74) is 5.20. The lowest BCUT2D eigenvalue weighted by molar-refractivity contribution is 0.0450. The molecular weight excluding hydrogens is 229 g/mol. The Morgan fingerprint density at radius 3 is 1.75 bits per heavy atom. The Balaban J connectivity index is -0.000000214. The van der Waals surface area contributed by atoms with Crippen LogP contribution in [-0.4, -0.2) is 52.4 Å². The molecule has 0 spiro atoms. The van der Waals surface area contributed by atoms with Crippen LogP contribution in [0, 0.1) is 0 Å². The SMILES string of the molecule is CCCCCC(O)CN.OCC(O)CO.P. The highest BCUT2D eigenvalue weighted by molar-refractivity contribution is 6.92. The largest absolute Gasteiger partial charge is 0.394 e. The van der Waals surface area contributed by atoms with Gasteiger partial charge in [0, 0.05) is 6.54 Å². The molecule has 0 fully saturated rings. The molecule has 0 radical (unpaired) electrons. The first-order chi connectivity index (χ1) is 7.12. The average molecular weight is 257 g/mol. The van der Waals surface area contributed by atoms with Gasteiger partial charge >= 0.3 is 0 Å². The smallest absolute Gasteiger partial charge is 0.100 e. The van der Waals surface area contributed by atoms with E-state index in [-0.39, 0.29) is 29.2 Å². The molecule has 0 aromatic carbocycles. The molecule has 0 aliphatic carbocycles. The highest BCUT2D eigenvalue weighted by Gasteiger charge is 1.97. The fourth-order valence-electron chi connectivity index (χ4n) is 0.806. The predicted molar refractivity (Wildman–Crippen MR) is 70.5 cm³/mol. The molecule has 0 rings (SSSR count). The minimum absolute atomic E-state index is 0. The molecule has 0 heterocycles. The van der Waals surface area contributed by atoms with E-state index in [0.29, 0.717) is 6.54 Å². The number of aliphatic hydroxyl groups excluding tert-OH is 4. The minimum atomic E-state index is -0.954. The van der Waals surface area contributed by atoms with Crippen LogP contribution >= 0.6 is 9.90 Å². The fraction of sp³-hybridized carbons (Fsp3) is 1.00. The zero-order valence-electron chi connectivity index (χ0n) is 10.2. The molecule has 0 amide bonds. The summed E-state index contributed by atoms with van der Waals surface area (Å²) in [6.45, 7) is 1.82. The Kier molecular flexibility index (Phi) is 23.7. The number of nitrogens with two attached hydrogens (primary N) is 1. The summed E-state index contributed by atoms with van der Waals surface area (Å²) in [4.78, 5) is 0. The number of aliphatic hydroxyl groups is 4. The summed E-state index contributed by atoms with van der Waals surface area (Å²) in [5.74, 6) is 0. The van der Waals surface area contributed by atoms with Gasteiger partial charge in [-0.2, -0.15) is 9.90 Å². The Morgan fingerprint density at radius 2 is 1.50 bits per heavy atom. The zero-order valence-corrected chi connectivity index (χ0v) is 11.6. The van der Waals surface area contributed by atoms with E-state index in [1.165, 1.54) is 12.8 Å². The number of unbranched alkanes of at least 4 members (excludes halogenated alkanes) is 2. The van der Waals surface area contributed by atoms with Crippen molar-refractivity contribution >= 4 is 9.90 Å². The van der Waals surface area contributed by atoms with Gasteiger partial charge in [-0.1, -0.05) is 26.2 Å². The molecule has 16 heavy (non-hydrogen) atoms. The first kappa shape index (κ1) is 21.5. The normalized spacial score (nSPS) is 11.4. The van der Waals surface area contributed by atoms with Gasteiger partial charge in [-0.3, -0.25) is 0 Å². The van der Waals surface area contributed by atoms with Crippen molar-refractivity contribution in [3.63, 3.8) is 0 Å². The van der Waals surface area contributed by atoms with Crippen molar-refractivity contribution in [2.24, 2.45) is 5.73 Å². The van der Waals surface area contributed by atoms with Gasteiger partial charge in [0.1, 0.15) is 6.10 Å². The molecule has 6 heteroatoms. The van der Waals surface area contributed by atoms with Crippen LogP contribution < -0.4 is 5.73 Å². The first-order valence-electron chi connectivity index (χ1n) is 5.40. The predicted octanol–water partition coefficient (Wildman–Crippen LogP) is -0.724. The van der Waals surface area contributed by atoms with Gasteiger partial charge in [-0.25, -0.2) is 0 Å². The maximum Gasteiger partial charge on any atom is 0.100 e. The standard InChI is InChI=1S/C7H17NO.C3H8O3.H3P/c1-2-3-4-5-7(9)6-8;4-1-3(6)2-5;/h7,9H,2-6,8H2,1H3;3-6H,1-2H2;1H3. The summed E-state index contributed by atoms with van der Waals surface area (Å²) in [5, 5.41) is 33.0. The Hall–Kier alpha value is 0.230. The van der Waals surface area contributed by atoms with Gasteiger partial charge in [0.2, 0.25) is 0 Å². The first-order valence-corrected chi connectivity index (χ1v) is 5.40. The summed E-state index contributed by atoms with van der Waals surface area (Å²) >= 11 is 0. The second-order valence-electron chi connectivity index (χ2n) is 3.40. The molecule has 5 nitrogen and oxygen atoms in total. The lowest BCUT2D eigenvalue weighted by atomic mass is 10.1. The second-order valence-corrected chi connectivity index (χ2v) is 3.40. The quantitative estimate of drug-likeness (QED) is 0.305. The van der Waals surface area contributed by atoms with Crippen LogP contribution in [0.2, 0.25) is 0 Å². The van der Waals surface area contributed by atoms with Gasteiger partial charge in [0.25, 0.3) is 0 Å². The molecule has 0 bridgehead atoms. The minimum Gasteiger partial charge on any atom is -0.394 e. The summed E-state index contributed by atoms with van der Waals surface area (Å²) < 4.78 is 0. The van der Waals surface area contributed by atoms with E-state index in [9.17, 15) is 0 Å². The van der Waals surface area contributed by atoms with Gasteiger partial charge in [0.15, 0.2) is 0 Å². The van der Waals surface area contributed by atoms with Crippen molar-refractivity contribution < 1.29 is 20.4 Å². The summed E-state index contributed by atoms with van der Waals surface area (Å²) in [6.07, 6.45) is 3.16. The van der Waals surface area contributed by atoms with Gasteiger partial charge in [-0.05, 0) is 6.42 Å². The van der Waals surface area contributed by atoms with Crippen molar-refractivity contribution in [3.05, 3.63) is 0 Å². The number of rotatable bonds is 7. The Labute approximate surface area is 101 Å². The van der Waals surface area contributed by atoms with Crippen molar-refractivity contribution in [1.82, 2.24) is 0 Å². The number of hydrogen-bond acceptors (Lipinski definition) is 5. The van der Waals surface area contributed by atoms with Crippen molar-refractivity contribution in [2.75, 3.05) is 19.8 Å². The Bertz CT molecular complexity index is 115. The van der Waals surface area contributed by atoms with Crippen LogP contribution in [0.25, 0.3) is 0 Å². The molecule has 0 aliphatic heterocycles. The van der Waals surface area contributed by atoms with E-state index in [0.717, 1.165) is 12.8 Å². The van der Waals surface area contributed by atoms with E-state index < -0.39 is 6.10 Å².